The van der Waals surface area contributed by atoms with Crippen LogP contribution in [0.4, 0.5) is 0 Å². The number of rotatable bonds is 13. The van der Waals surface area contributed by atoms with Crippen molar-refractivity contribution in [2.45, 2.75) is 78.6 Å². The maximum absolute atomic E-state index is 4.21. The number of unbranched alkanes of at least 4 members (excludes halogenated alkanes) is 3. The highest BCUT2D eigenvalue weighted by Gasteiger charge is 2.17. The molecule has 0 N–H and O–H groups in total. The number of hydrogen-bond donors (Lipinski definition) is 0. The molecule has 2 aromatic rings. The summed E-state index contributed by atoms with van der Waals surface area (Å²) < 4.78 is 0. The Kier molecular flexibility index (Phi) is 9.87. The second-order valence-electron chi connectivity index (χ2n) is 8.18. The van der Waals surface area contributed by atoms with Crippen molar-refractivity contribution in [1.82, 2.24) is 0 Å². The summed E-state index contributed by atoms with van der Waals surface area (Å²) in [7, 11) is 0. The molecule has 0 bridgehead atoms. The Morgan fingerprint density at radius 3 is 1.53 bits per heavy atom. The van der Waals surface area contributed by atoms with Crippen molar-refractivity contribution < 1.29 is 0 Å². The van der Waals surface area contributed by atoms with Gasteiger partial charge in [0.15, 0.2) is 0 Å². The average molecular weight is 401 g/mol. The second kappa shape index (κ2) is 12.4. The van der Waals surface area contributed by atoms with Crippen LogP contribution >= 0.6 is 0 Å². The zero-order valence-electron chi connectivity index (χ0n) is 19.5. The van der Waals surface area contributed by atoms with Crippen LogP contribution in [0.15, 0.2) is 44.0 Å². The van der Waals surface area contributed by atoms with Crippen LogP contribution in [0.25, 0.3) is 29.4 Å². The Labute approximate surface area is 185 Å². The van der Waals surface area contributed by atoms with Gasteiger partial charge in [-0.25, -0.2) is 0 Å². The van der Waals surface area contributed by atoms with Gasteiger partial charge < -0.3 is 0 Å². The fourth-order valence-corrected chi connectivity index (χ4v) is 4.42. The van der Waals surface area contributed by atoms with Crippen LogP contribution in [0, 0.1) is 0 Å². The van der Waals surface area contributed by atoms with E-state index in [1.165, 1.54) is 83.0 Å². The van der Waals surface area contributed by atoms with Gasteiger partial charge in [0, 0.05) is 0 Å². The first-order chi connectivity index (χ1) is 14.7. The smallest absolute Gasteiger partial charge is 0.0106 e. The highest BCUT2D eigenvalue weighted by Crippen LogP contribution is 2.37. The second-order valence-corrected chi connectivity index (χ2v) is 8.18. The van der Waals surface area contributed by atoms with E-state index in [0.717, 1.165) is 19.3 Å². The van der Waals surface area contributed by atoms with E-state index >= 15 is 0 Å². The van der Waals surface area contributed by atoms with Crippen LogP contribution in [-0.4, -0.2) is 0 Å². The highest BCUT2D eigenvalue weighted by atomic mass is 14.2. The summed E-state index contributed by atoms with van der Waals surface area (Å²) in [6, 6.07) is 9.11. The zero-order chi connectivity index (χ0) is 21.9. The Morgan fingerprint density at radius 2 is 1.03 bits per heavy atom. The number of hydrogen-bond acceptors (Lipinski definition) is 0. The molecule has 0 saturated heterocycles. The van der Waals surface area contributed by atoms with E-state index in [9.17, 15) is 0 Å². The molecule has 0 nitrogen and oxygen atoms in total. The standard InChI is InChI=1S/C30H40/c1-7-13-16-26-23(10-4)19-21-29(25(26)12-6)30-22-20-24(11-5)27(17-14-8-2)28(30)18-15-9-3/h10-12,19-22H,4-9,13-18H2,1-3H3. The van der Waals surface area contributed by atoms with E-state index in [1.54, 1.807) is 0 Å². The lowest BCUT2D eigenvalue weighted by Crippen LogP contribution is -2.04. The summed E-state index contributed by atoms with van der Waals surface area (Å²) in [5, 5.41) is 0. The van der Waals surface area contributed by atoms with Gasteiger partial charge in [-0.05, 0) is 83.0 Å². The van der Waals surface area contributed by atoms with Crippen molar-refractivity contribution in [2.75, 3.05) is 0 Å². The minimum Gasteiger partial charge on any atom is -0.0985 e. The van der Waals surface area contributed by atoms with E-state index in [1.807, 2.05) is 12.2 Å². The molecule has 0 aliphatic heterocycles. The minimum absolute atomic E-state index is 1.07. The molecule has 0 heteroatoms. The van der Waals surface area contributed by atoms with Crippen LogP contribution in [0.3, 0.4) is 0 Å². The van der Waals surface area contributed by atoms with Crippen molar-refractivity contribution in [3.8, 4) is 11.1 Å². The Morgan fingerprint density at radius 1 is 0.567 bits per heavy atom. The maximum atomic E-state index is 4.21. The third kappa shape index (κ3) is 5.42. The van der Waals surface area contributed by atoms with Gasteiger partial charge in [0.25, 0.3) is 0 Å². The molecule has 160 valence electrons. The van der Waals surface area contributed by atoms with Gasteiger partial charge in [0.05, 0.1) is 0 Å². The molecule has 0 aliphatic rings. The molecule has 2 aromatic carbocycles. The molecule has 0 atom stereocenters. The molecule has 0 heterocycles. The predicted molar refractivity (Wildman–Crippen MR) is 138 cm³/mol. The molecular weight excluding hydrogens is 360 g/mol. The van der Waals surface area contributed by atoms with E-state index in [4.69, 9.17) is 0 Å². The molecule has 0 unspecified atom stereocenters. The molecule has 0 fully saturated rings. The lowest BCUT2D eigenvalue weighted by molar-refractivity contribution is 0.758. The minimum atomic E-state index is 1.07. The van der Waals surface area contributed by atoms with Crippen molar-refractivity contribution in [3.63, 3.8) is 0 Å². The quantitative estimate of drug-likeness (QED) is 0.314. The first-order valence-electron chi connectivity index (χ1n) is 11.8. The monoisotopic (exact) mass is 400 g/mol. The topological polar surface area (TPSA) is 0 Å². The maximum Gasteiger partial charge on any atom is -0.0106 e. The largest absolute Gasteiger partial charge is 0.0985 e. The third-order valence-corrected chi connectivity index (χ3v) is 6.14. The van der Waals surface area contributed by atoms with Crippen molar-refractivity contribution in [1.29, 1.82) is 0 Å². The molecule has 30 heavy (non-hydrogen) atoms. The summed E-state index contributed by atoms with van der Waals surface area (Å²) in [5.74, 6) is 0. The molecule has 0 amide bonds. The van der Waals surface area contributed by atoms with Crippen LogP contribution in [0.2, 0.25) is 0 Å². The molecule has 2 rings (SSSR count). The van der Waals surface area contributed by atoms with Crippen molar-refractivity contribution >= 4 is 18.2 Å². The normalized spacial score (nSPS) is 10.8. The first kappa shape index (κ1) is 23.9. The Bertz CT molecular complexity index is 866. The predicted octanol–water partition coefficient (Wildman–Crippen LogP) is 9.31. The highest BCUT2D eigenvalue weighted by molar-refractivity contribution is 5.82. The summed E-state index contributed by atoms with van der Waals surface area (Å²) in [6.45, 7) is 19.2. The zero-order valence-corrected chi connectivity index (χ0v) is 19.5. The van der Waals surface area contributed by atoms with Gasteiger partial charge in [-0.1, -0.05) is 102 Å². The van der Waals surface area contributed by atoms with E-state index < -0.39 is 0 Å². The molecule has 0 aromatic heterocycles. The lowest BCUT2D eigenvalue weighted by atomic mass is 9.83. The van der Waals surface area contributed by atoms with Gasteiger partial charge in [-0.3, -0.25) is 0 Å². The SMILES string of the molecule is C=Cc1ccc(-c2ccc(C=C)c(CCCC)c2CCCC)c(C=C)c1CCCC. The van der Waals surface area contributed by atoms with Gasteiger partial charge in [-0.2, -0.15) is 0 Å². The molecule has 0 aliphatic carbocycles. The molecule has 0 saturated carbocycles. The van der Waals surface area contributed by atoms with E-state index in [-0.39, 0.29) is 0 Å². The van der Waals surface area contributed by atoms with Gasteiger partial charge in [0.2, 0.25) is 0 Å². The summed E-state index contributed by atoms with van der Waals surface area (Å²) in [4.78, 5) is 0. The van der Waals surface area contributed by atoms with Crippen LogP contribution in [-0.2, 0) is 19.3 Å². The van der Waals surface area contributed by atoms with E-state index in [0.29, 0.717) is 0 Å². The van der Waals surface area contributed by atoms with Crippen LogP contribution in [0.1, 0.15) is 92.7 Å². The fraction of sp³-hybridized carbons (Fsp3) is 0.400. The summed E-state index contributed by atoms with van der Waals surface area (Å²) in [5.41, 5.74) is 10.9. The third-order valence-electron chi connectivity index (χ3n) is 6.14. The lowest BCUT2D eigenvalue weighted by Gasteiger charge is -2.21. The van der Waals surface area contributed by atoms with Gasteiger partial charge in [-0.15, -0.1) is 0 Å². The molecule has 0 radical (unpaired) electrons. The average Bonchev–Trinajstić information content (AvgIpc) is 2.78. The van der Waals surface area contributed by atoms with Gasteiger partial charge in [0.1, 0.15) is 0 Å². The Balaban J connectivity index is 2.76. The van der Waals surface area contributed by atoms with Crippen LogP contribution in [0.5, 0.6) is 0 Å². The van der Waals surface area contributed by atoms with Crippen LogP contribution < -0.4 is 0 Å². The molecule has 0 spiro atoms. The summed E-state index contributed by atoms with van der Waals surface area (Å²) in [6.07, 6.45) is 16.6. The Hall–Kier alpha value is -2.34. The fourth-order valence-electron chi connectivity index (χ4n) is 4.42. The summed E-state index contributed by atoms with van der Waals surface area (Å²) >= 11 is 0. The first-order valence-corrected chi connectivity index (χ1v) is 11.8. The van der Waals surface area contributed by atoms with Crippen molar-refractivity contribution in [3.05, 3.63) is 77.4 Å². The van der Waals surface area contributed by atoms with E-state index in [2.05, 4.69) is 70.8 Å². The van der Waals surface area contributed by atoms with Crippen molar-refractivity contribution in [2.24, 2.45) is 0 Å². The van der Waals surface area contributed by atoms with Gasteiger partial charge >= 0.3 is 0 Å². The molecular formula is C30H40. The number of benzene rings is 2.